The Morgan fingerprint density at radius 3 is 1.93 bits per heavy atom. The number of amides is 3. The topological polar surface area (TPSA) is 40.6 Å². The summed E-state index contributed by atoms with van der Waals surface area (Å²) in [6.45, 7) is 9.70. The van der Waals surface area contributed by atoms with Crippen LogP contribution in [-0.4, -0.2) is 39.9 Å². The molecule has 3 amide bonds. The van der Waals surface area contributed by atoms with Gasteiger partial charge in [-0.1, -0.05) is 0 Å². The molecule has 0 aromatic heterocycles. The summed E-state index contributed by atoms with van der Waals surface area (Å²) in [5, 5.41) is 0. The van der Waals surface area contributed by atoms with Crippen molar-refractivity contribution in [2.24, 2.45) is 0 Å². The summed E-state index contributed by atoms with van der Waals surface area (Å²) in [6, 6.07) is -0.222. The van der Waals surface area contributed by atoms with Gasteiger partial charge in [0.25, 0.3) is 5.91 Å². The normalized spacial score (nSPS) is 18.7. The lowest BCUT2D eigenvalue weighted by molar-refractivity contribution is -0.126. The van der Waals surface area contributed by atoms with E-state index in [9.17, 15) is 9.59 Å². The highest BCUT2D eigenvalue weighted by Crippen LogP contribution is 2.22. The number of hydrogen-bond donors (Lipinski definition) is 0. The van der Waals surface area contributed by atoms with Crippen LogP contribution in [-0.2, 0) is 4.79 Å². The van der Waals surface area contributed by atoms with Gasteiger partial charge in [-0.2, -0.15) is 0 Å². The zero-order valence-corrected chi connectivity index (χ0v) is 9.50. The predicted octanol–water partition coefficient (Wildman–Crippen LogP) is 1.46. The molecule has 0 bridgehead atoms. The molecule has 0 aliphatic carbocycles. The monoisotopic (exact) mass is 198 g/mol. The molecule has 0 spiro atoms. The van der Waals surface area contributed by atoms with Gasteiger partial charge in [0.1, 0.15) is 6.54 Å². The van der Waals surface area contributed by atoms with E-state index in [-0.39, 0.29) is 30.1 Å². The van der Waals surface area contributed by atoms with Crippen LogP contribution in [0.25, 0.3) is 0 Å². The van der Waals surface area contributed by atoms with Crippen molar-refractivity contribution >= 4 is 11.9 Å². The van der Waals surface area contributed by atoms with Gasteiger partial charge >= 0.3 is 6.03 Å². The Kier molecular flexibility index (Phi) is 2.56. The van der Waals surface area contributed by atoms with Crippen molar-refractivity contribution in [3.63, 3.8) is 0 Å². The third kappa shape index (κ3) is 1.74. The maximum absolute atomic E-state index is 11.8. The summed E-state index contributed by atoms with van der Waals surface area (Å²) in [7, 11) is 0. The standard InChI is InChI=1S/C10H18N2O2/c1-7(2)12-8(13)6-11(9(12)14)10(3,4)5/h7H,6H2,1-5H3. The molecule has 80 valence electrons. The van der Waals surface area contributed by atoms with Crippen molar-refractivity contribution in [2.45, 2.75) is 46.2 Å². The lowest BCUT2D eigenvalue weighted by atomic mass is 10.1. The van der Waals surface area contributed by atoms with Crippen LogP contribution in [0.2, 0.25) is 0 Å². The number of carbonyl (C=O) groups is 2. The number of imide groups is 1. The highest BCUT2D eigenvalue weighted by Gasteiger charge is 2.42. The Hall–Kier alpha value is -1.06. The number of urea groups is 1. The van der Waals surface area contributed by atoms with Crippen molar-refractivity contribution in [1.82, 2.24) is 9.80 Å². The number of nitrogens with zero attached hydrogens (tertiary/aromatic N) is 2. The SMILES string of the molecule is CC(C)N1C(=O)CN(C(C)(C)C)C1=O. The summed E-state index contributed by atoms with van der Waals surface area (Å²) >= 11 is 0. The van der Waals surface area contributed by atoms with E-state index in [1.54, 1.807) is 4.90 Å². The molecule has 1 fully saturated rings. The highest BCUT2D eigenvalue weighted by molar-refractivity contribution is 6.02. The Balaban J connectivity index is 2.91. The minimum Gasteiger partial charge on any atom is -0.310 e. The van der Waals surface area contributed by atoms with Crippen LogP contribution < -0.4 is 0 Å². The molecular weight excluding hydrogens is 180 g/mol. The van der Waals surface area contributed by atoms with E-state index in [1.165, 1.54) is 4.90 Å². The van der Waals surface area contributed by atoms with Gasteiger partial charge in [-0.05, 0) is 34.6 Å². The fourth-order valence-corrected chi connectivity index (χ4v) is 1.55. The molecule has 4 heteroatoms. The summed E-state index contributed by atoms with van der Waals surface area (Å²) in [5.74, 6) is -0.0973. The second-order valence-electron chi connectivity index (χ2n) is 4.90. The van der Waals surface area contributed by atoms with Gasteiger partial charge in [-0.3, -0.25) is 9.69 Å². The molecule has 1 saturated heterocycles. The molecule has 14 heavy (non-hydrogen) atoms. The zero-order valence-electron chi connectivity index (χ0n) is 9.50. The van der Waals surface area contributed by atoms with Crippen LogP contribution in [0.1, 0.15) is 34.6 Å². The van der Waals surface area contributed by atoms with E-state index in [4.69, 9.17) is 0 Å². The van der Waals surface area contributed by atoms with Gasteiger partial charge < -0.3 is 4.90 Å². The third-order valence-electron chi connectivity index (χ3n) is 2.33. The molecular formula is C10H18N2O2. The molecule has 4 nitrogen and oxygen atoms in total. The molecule has 0 saturated carbocycles. The number of hydrogen-bond acceptors (Lipinski definition) is 2. The second kappa shape index (κ2) is 3.26. The Labute approximate surface area is 84.9 Å². The van der Waals surface area contributed by atoms with Crippen LogP contribution in [0, 0.1) is 0 Å². The van der Waals surface area contributed by atoms with Gasteiger partial charge in [0, 0.05) is 11.6 Å². The van der Waals surface area contributed by atoms with Gasteiger partial charge in [0.2, 0.25) is 0 Å². The molecule has 1 heterocycles. The summed E-state index contributed by atoms with van der Waals surface area (Å²) < 4.78 is 0. The quantitative estimate of drug-likeness (QED) is 0.598. The smallest absolute Gasteiger partial charge is 0.310 e. The van der Waals surface area contributed by atoms with Gasteiger partial charge in [-0.25, -0.2) is 4.79 Å². The van der Waals surface area contributed by atoms with Gasteiger partial charge in [-0.15, -0.1) is 0 Å². The van der Waals surface area contributed by atoms with E-state index in [0.29, 0.717) is 0 Å². The predicted molar refractivity (Wildman–Crippen MR) is 53.8 cm³/mol. The van der Waals surface area contributed by atoms with Crippen LogP contribution in [0.3, 0.4) is 0 Å². The zero-order chi connectivity index (χ0) is 11.1. The molecule has 0 aromatic carbocycles. The largest absolute Gasteiger partial charge is 0.327 e. The summed E-state index contributed by atoms with van der Waals surface area (Å²) in [4.78, 5) is 26.3. The lowest BCUT2D eigenvalue weighted by Crippen LogP contribution is -2.45. The minimum absolute atomic E-state index is 0.0534. The molecule has 1 aliphatic rings. The molecule has 0 N–H and O–H groups in total. The van der Waals surface area contributed by atoms with E-state index in [0.717, 1.165) is 0 Å². The Morgan fingerprint density at radius 2 is 1.71 bits per heavy atom. The number of rotatable bonds is 1. The fourth-order valence-electron chi connectivity index (χ4n) is 1.55. The first kappa shape index (κ1) is 11.0. The third-order valence-corrected chi connectivity index (χ3v) is 2.33. The molecule has 0 atom stereocenters. The van der Waals surface area contributed by atoms with E-state index in [1.807, 2.05) is 34.6 Å². The second-order valence-corrected chi connectivity index (χ2v) is 4.90. The Bertz CT molecular complexity index is 266. The van der Waals surface area contributed by atoms with Crippen molar-refractivity contribution in [3.8, 4) is 0 Å². The van der Waals surface area contributed by atoms with Crippen molar-refractivity contribution in [2.75, 3.05) is 6.54 Å². The Morgan fingerprint density at radius 1 is 1.21 bits per heavy atom. The average molecular weight is 198 g/mol. The average Bonchev–Trinajstić information content (AvgIpc) is 2.24. The molecule has 0 radical (unpaired) electrons. The van der Waals surface area contributed by atoms with Crippen LogP contribution >= 0.6 is 0 Å². The maximum atomic E-state index is 11.8. The first-order valence-corrected chi connectivity index (χ1v) is 4.89. The van der Waals surface area contributed by atoms with Crippen molar-refractivity contribution < 1.29 is 9.59 Å². The van der Waals surface area contributed by atoms with Crippen LogP contribution in [0.5, 0.6) is 0 Å². The van der Waals surface area contributed by atoms with Crippen molar-refractivity contribution in [3.05, 3.63) is 0 Å². The number of carbonyl (C=O) groups excluding carboxylic acids is 2. The lowest BCUT2D eigenvalue weighted by Gasteiger charge is -2.31. The highest BCUT2D eigenvalue weighted by atomic mass is 16.2. The van der Waals surface area contributed by atoms with E-state index < -0.39 is 0 Å². The molecule has 0 unspecified atom stereocenters. The minimum atomic E-state index is -0.281. The molecule has 1 rings (SSSR count). The first-order chi connectivity index (χ1) is 6.25. The van der Waals surface area contributed by atoms with E-state index >= 15 is 0 Å². The van der Waals surface area contributed by atoms with Crippen molar-refractivity contribution in [1.29, 1.82) is 0 Å². The van der Waals surface area contributed by atoms with E-state index in [2.05, 4.69) is 0 Å². The van der Waals surface area contributed by atoms with Crippen LogP contribution in [0.4, 0.5) is 4.79 Å². The van der Waals surface area contributed by atoms with Gasteiger partial charge in [0.05, 0.1) is 0 Å². The van der Waals surface area contributed by atoms with Crippen LogP contribution in [0.15, 0.2) is 0 Å². The fraction of sp³-hybridized carbons (Fsp3) is 0.800. The molecule has 0 aromatic rings. The molecule has 1 aliphatic heterocycles. The summed E-state index contributed by atoms with van der Waals surface area (Å²) in [5.41, 5.74) is -0.281. The maximum Gasteiger partial charge on any atom is 0.327 e. The summed E-state index contributed by atoms with van der Waals surface area (Å²) in [6.07, 6.45) is 0. The first-order valence-electron chi connectivity index (χ1n) is 4.89. The van der Waals surface area contributed by atoms with Gasteiger partial charge in [0.15, 0.2) is 0 Å².